The van der Waals surface area contributed by atoms with E-state index in [2.05, 4.69) is 12.2 Å². The molecule has 0 saturated heterocycles. The van der Waals surface area contributed by atoms with Crippen LogP contribution in [0.4, 0.5) is 0 Å². The Balaban J connectivity index is 3.16. The zero-order valence-electron chi connectivity index (χ0n) is 10.0. The first-order chi connectivity index (χ1) is 7.63. The molecule has 0 unspecified atom stereocenters. The van der Waals surface area contributed by atoms with Crippen molar-refractivity contribution in [3.05, 3.63) is 12.2 Å². The Hall–Kier alpha value is -1.32. The van der Waals surface area contributed by atoms with Gasteiger partial charge in [-0.05, 0) is 25.7 Å². The van der Waals surface area contributed by atoms with Crippen LogP contribution in [0.3, 0.4) is 0 Å². The van der Waals surface area contributed by atoms with E-state index in [-0.39, 0.29) is 11.9 Å². The summed E-state index contributed by atoms with van der Waals surface area (Å²) in [6.07, 6.45) is 7.61. The molecule has 0 fully saturated rings. The van der Waals surface area contributed by atoms with Crippen molar-refractivity contribution in [2.75, 3.05) is 13.2 Å². The zero-order chi connectivity index (χ0) is 12.2. The largest absolute Gasteiger partial charge is 0.466 e. The summed E-state index contributed by atoms with van der Waals surface area (Å²) >= 11 is 0. The fraction of sp³-hybridized carbons (Fsp3) is 0.667. The predicted octanol–water partition coefficient (Wildman–Crippen LogP) is 2.23. The summed E-state index contributed by atoms with van der Waals surface area (Å²) in [5.41, 5.74) is 0. The average Bonchev–Trinajstić information content (AvgIpc) is 2.20. The average molecular weight is 228 g/mol. The highest BCUT2D eigenvalue weighted by molar-refractivity contribution is 5.66. The minimum Gasteiger partial charge on any atom is -0.466 e. The van der Waals surface area contributed by atoms with Crippen LogP contribution in [0.1, 0.15) is 39.5 Å². The SMILES string of the molecule is CC(=O)OCCC/C=C/CCCOC(C)=O. The van der Waals surface area contributed by atoms with E-state index in [1.54, 1.807) is 0 Å². The van der Waals surface area contributed by atoms with Crippen molar-refractivity contribution in [1.82, 2.24) is 0 Å². The summed E-state index contributed by atoms with van der Waals surface area (Å²) in [5.74, 6) is -0.462. The molecule has 0 spiro atoms. The van der Waals surface area contributed by atoms with E-state index in [9.17, 15) is 9.59 Å². The van der Waals surface area contributed by atoms with Crippen LogP contribution in [-0.4, -0.2) is 25.2 Å². The Morgan fingerprint density at radius 3 is 1.56 bits per heavy atom. The fourth-order valence-corrected chi connectivity index (χ4v) is 1.07. The number of allylic oxidation sites excluding steroid dienone is 2. The lowest BCUT2D eigenvalue weighted by Crippen LogP contribution is -2.00. The highest BCUT2D eigenvalue weighted by Crippen LogP contribution is 1.97. The van der Waals surface area contributed by atoms with Crippen molar-refractivity contribution >= 4 is 11.9 Å². The lowest BCUT2D eigenvalue weighted by molar-refractivity contribution is -0.142. The number of carbonyl (C=O) groups excluding carboxylic acids is 2. The highest BCUT2D eigenvalue weighted by atomic mass is 16.5. The van der Waals surface area contributed by atoms with Gasteiger partial charge in [-0.15, -0.1) is 0 Å². The van der Waals surface area contributed by atoms with Gasteiger partial charge >= 0.3 is 11.9 Å². The van der Waals surface area contributed by atoms with E-state index < -0.39 is 0 Å². The third kappa shape index (κ3) is 12.7. The molecule has 0 amide bonds. The molecule has 0 saturated carbocycles. The highest BCUT2D eigenvalue weighted by Gasteiger charge is 1.91. The molecule has 0 N–H and O–H groups in total. The van der Waals surface area contributed by atoms with E-state index in [0.717, 1.165) is 25.7 Å². The van der Waals surface area contributed by atoms with Gasteiger partial charge in [0.25, 0.3) is 0 Å². The van der Waals surface area contributed by atoms with Crippen molar-refractivity contribution in [2.45, 2.75) is 39.5 Å². The van der Waals surface area contributed by atoms with Crippen molar-refractivity contribution in [1.29, 1.82) is 0 Å². The summed E-state index contributed by atoms with van der Waals surface area (Å²) in [5, 5.41) is 0. The quantitative estimate of drug-likeness (QED) is 0.363. The van der Waals surface area contributed by atoms with E-state index in [1.165, 1.54) is 13.8 Å². The van der Waals surface area contributed by atoms with Crippen LogP contribution in [0.15, 0.2) is 12.2 Å². The molecule has 0 rings (SSSR count). The van der Waals surface area contributed by atoms with Crippen molar-refractivity contribution < 1.29 is 19.1 Å². The number of hydrogen-bond acceptors (Lipinski definition) is 4. The second-order valence-corrected chi connectivity index (χ2v) is 3.44. The number of hydrogen-bond donors (Lipinski definition) is 0. The molecule has 0 aliphatic heterocycles. The second-order valence-electron chi connectivity index (χ2n) is 3.44. The van der Waals surface area contributed by atoms with Crippen molar-refractivity contribution in [3.63, 3.8) is 0 Å². The van der Waals surface area contributed by atoms with E-state index in [4.69, 9.17) is 9.47 Å². The predicted molar refractivity (Wildman–Crippen MR) is 60.9 cm³/mol. The summed E-state index contributed by atoms with van der Waals surface area (Å²) in [7, 11) is 0. The Morgan fingerprint density at radius 1 is 0.875 bits per heavy atom. The molecule has 0 bridgehead atoms. The molecule has 0 aromatic heterocycles. The molecule has 0 aromatic carbocycles. The number of rotatable bonds is 8. The monoisotopic (exact) mass is 228 g/mol. The van der Waals surface area contributed by atoms with Crippen LogP contribution in [0, 0.1) is 0 Å². The summed E-state index contributed by atoms with van der Waals surface area (Å²) in [6.45, 7) is 3.77. The summed E-state index contributed by atoms with van der Waals surface area (Å²) < 4.78 is 9.57. The van der Waals surface area contributed by atoms with Crippen molar-refractivity contribution in [3.8, 4) is 0 Å². The van der Waals surface area contributed by atoms with Gasteiger partial charge in [0.1, 0.15) is 0 Å². The zero-order valence-corrected chi connectivity index (χ0v) is 10.0. The van der Waals surface area contributed by atoms with Gasteiger partial charge in [0, 0.05) is 13.8 Å². The first kappa shape index (κ1) is 14.7. The van der Waals surface area contributed by atoms with Crippen molar-refractivity contribution in [2.24, 2.45) is 0 Å². The van der Waals surface area contributed by atoms with Gasteiger partial charge in [-0.25, -0.2) is 0 Å². The molecule has 16 heavy (non-hydrogen) atoms. The molecule has 0 aliphatic carbocycles. The minimum atomic E-state index is -0.231. The summed E-state index contributed by atoms with van der Waals surface area (Å²) in [4.78, 5) is 20.8. The van der Waals surface area contributed by atoms with Gasteiger partial charge in [0.15, 0.2) is 0 Å². The van der Waals surface area contributed by atoms with E-state index >= 15 is 0 Å². The molecule has 4 heteroatoms. The van der Waals surface area contributed by atoms with Gasteiger partial charge < -0.3 is 9.47 Å². The van der Waals surface area contributed by atoms with Crippen LogP contribution < -0.4 is 0 Å². The number of carbonyl (C=O) groups is 2. The maximum absolute atomic E-state index is 10.4. The number of esters is 2. The topological polar surface area (TPSA) is 52.6 Å². The minimum absolute atomic E-state index is 0.231. The molecule has 0 radical (unpaired) electrons. The molecule has 0 atom stereocenters. The first-order valence-corrected chi connectivity index (χ1v) is 5.54. The molecule has 0 aliphatic rings. The molecular weight excluding hydrogens is 208 g/mol. The third-order valence-electron chi connectivity index (χ3n) is 1.81. The lowest BCUT2D eigenvalue weighted by atomic mass is 10.2. The van der Waals surface area contributed by atoms with Crippen LogP contribution in [0.5, 0.6) is 0 Å². The van der Waals surface area contributed by atoms with E-state index in [1.807, 2.05) is 0 Å². The Morgan fingerprint density at radius 2 is 1.25 bits per heavy atom. The molecule has 4 nitrogen and oxygen atoms in total. The second kappa shape index (κ2) is 10.2. The van der Waals surface area contributed by atoms with Gasteiger partial charge in [-0.3, -0.25) is 9.59 Å². The Labute approximate surface area is 96.6 Å². The van der Waals surface area contributed by atoms with Gasteiger partial charge in [0.05, 0.1) is 13.2 Å². The van der Waals surface area contributed by atoms with Crippen LogP contribution >= 0.6 is 0 Å². The normalized spacial score (nSPS) is 10.4. The van der Waals surface area contributed by atoms with Crippen LogP contribution in [0.2, 0.25) is 0 Å². The molecular formula is C12H20O4. The first-order valence-electron chi connectivity index (χ1n) is 5.54. The maximum Gasteiger partial charge on any atom is 0.302 e. The summed E-state index contributed by atoms with van der Waals surface area (Å²) in [6, 6.07) is 0. The van der Waals surface area contributed by atoms with E-state index in [0.29, 0.717) is 13.2 Å². The standard InChI is InChI=1S/C12H20O4/c1-11(13)15-9-7-5-3-4-6-8-10-16-12(2)14/h3-4H,5-10H2,1-2H3/b4-3+. The Bertz CT molecular complexity index is 209. The third-order valence-corrected chi connectivity index (χ3v) is 1.81. The molecule has 0 aromatic rings. The van der Waals surface area contributed by atoms with Crippen LogP contribution in [0.25, 0.3) is 0 Å². The van der Waals surface area contributed by atoms with Gasteiger partial charge in [-0.2, -0.15) is 0 Å². The smallest absolute Gasteiger partial charge is 0.302 e. The molecule has 0 heterocycles. The maximum atomic E-state index is 10.4. The number of ether oxygens (including phenoxy) is 2. The van der Waals surface area contributed by atoms with Crippen LogP contribution in [-0.2, 0) is 19.1 Å². The van der Waals surface area contributed by atoms with Gasteiger partial charge in [-0.1, -0.05) is 12.2 Å². The van der Waals surface area contributed by atoms with Gasteiger partial charge in [0.2, 0.25) is 0 Å². The Kier molecular flexibility index (Phi) is 9.36. The molecule has 92 valence electrons. The lowest BCUT2D eigenvalue weighted by Gasteiger charge is -1.99. The fourth-order valence-electron chi connectivity index (χ4n) is 1.07. The number of unbranched alkanes of at least 4 members (excludes halogenated alkanes) is 2.